The van der Waals surface area contributed by atoms with Crippen molar-refractivity contribution in [2.75, 3.05) is 13.2 Å². The van der Waals surface area contributed by atoms with Gasteiger partial charge in [-0.3, -0.25) is 0 Å². The fourth-order valence-corrected chi connectivity index (χ4v) is 1.28. The Morgan fingerprint density at radius 1 is 1.24 bits per heavy atom. The van der Waals surface area contributed by atoms with E-state index in [0.717, 1.165) is 12.8 Å². The standard InChI is InChI=1S/C13H19NO3/c1-3-5-11-14(13(15)16-4-2)17-12-9-7-6-8-10-12/h6-10H,3-5,11H2,1-2H3. The van der Waals surface area contributed by atoms with Crippen LogP contribution in [0.25, 0.3) is 0 Å². The fraction of sp³-hybridized carbons (Fsp3) is 0.462. The number of benzene rings is 1. The van der Waals surface area contributed by atoms with E-state index in [1.54, 1.807) is 19.1 Å². The molecule has 0 unspecified atom stereocenters. The van der Waals surface area contributed by atoms with Crippen LogP contribution in [0.3, 0.4) is 0 Å². The summed E-state index contributed by atoms with van der Waals surface area (Å²) in [5.41, 5.74) is 0. The van der Waals surface area contributed by atoms with Gasteiger partial charge in [0.25, 0.3) is 0 Å². The number of unbranched alkanes of at least 4 members (excludes halogenated alkanes) is 1. The topological polar surface area (TPSA) is 38.8 Å². The van der Waals surface area contributed by atoms with E-state index in [-0.39, 0.29) is 0 Å². The Kier molecular flexibility index (Phi) is 5.93. The van der Waals surface area contributed by atoms with Gasteiger partial charge in [-0.15, -0.1) is 5.06 Å². The summed E-state index contributed by atoms with van der Waals surface area (Å²) in [6.45, 7) is 4.72. The molecule has 1 aromatic carbocycles. The van der Waals surface area contributed by atoms with Gasteiger partial charge < -0.3 is 9.57 Å². The molecule has 0 atom stereocenters. The number of para-hydroxylation sites is 1. The fourth-order valence-electron chi connectivity index (χ4n) is 1.28. The predicted octanol–water partition coefficient (Wildman–Crippen LogP) is 3.24. The summed E-state index contributed by atoms with van der Waals surface area (Å²) in [6.07, 6.45) is 1.43. The number of hydrogen-bond acceptors (Lipinski definition) is 3. The van der Waals surface area contributed by atoms with Crippen molar-refractivity contribution in [1.82, 2.24) is 5.06 Å². The first-order valence-corrected chi connectivity index (χ1v) is 5.95. The Morgan fingerprint density at radius 3 is 2.53 bits per heavy atom. The molecule has 0 saturated carbocycles. The van der Waals surface area contributed by atoms with Crippen LogP contribution >= 0.6 is 0 Å². The Labute approximate surface area is 102 Å². The lowest BCUT2D eigenvalue weighted by Crippen LogP contribution is -2.35. The molecule has 94 valence electrons. The summed E-state index contributed by atoms with van der Waals surface area (Å²) < 4.78 is 4.94. The van der Waals surface area contributed by atoms with Crippen molar-refractivity contribution >= 4 is 6.09 Å². The molecule has 4 heteroatoms. The summed E-state index contributed by atoms with van der Waals surface area (Å²) in [4.78, 5) is 17.1. The largest absolute Gasteiger partial charge is 0.448 e. The van der Waals surface area contributed by atoms with Crippen LogP contribution in [0, 0.1) is 0 Å². The van der Waals surface area contributed by atoms with Crippen molar-refractivity contribution in [2.24, 2.45) is 0 Å². The summed E-state index contributed by atoms with van der Waals surface area (Å²) in [5, 5.41) is 1.27. The number of rotatable bonds is 6. The molecule has 1 aromatic rings. The van der Waals surface area contributed by atoms with Crippen LogP contribution in [0.1, 0.15) is 26.7 Å². The van der Waals surface area contributed by atoms with Gasteiger partial charge in [-0.1, -0.05) is 31.5 Å². The van der Waals surface area contributed by atoms with Crippen LogP contribution in [-0.2, 0) is 4.74 Å². The van der Waals surface area contributed by atoms with E-state index in [4.69, 9.17) is 9.57 Å². The highest BCUT2D eigenvalue weighted by Gasteiger charge is 2.15. The normalized spacial score (nSPS) is 9.76. The average molecular weight is 237 g/mol. The Balaban J connectivity index is 2.59. The molecule has 17 heavy (non-hydrogen) atoms. The lowest BCUT2D eigenvalue weighted by Gasteiger charge is -2.21. The third kappa shape index (κ3) is 4.76. The van der Waals surface area contributed by atoms with Crippen LogP contribution in [0.4, 0.5) is 4.79 Å². The highest BCUT2D eigenvalue weighted by Crippen LogP contribution is 2.12. The first-order valence-electron chi connectivity index (χ1n) is 5.95. The molecule has 0 aliphatic heterocycles. The highest BCUT2D eigenvalue weighted by atomic mass is 16.7. The van der Waals surface area contributed by atoms with E-state index in [9.17, 15) is 4.79 Å². The minimum Gasteiger partial charge on any atom is -0.448 e. The average Bonchev–Trinajstić information content (AvgIpc) is 2.36. The highest BCUT2D eigenvalue weighted by molar-refractivity contribution is 5.66. The SMILES string of the molecule is CCCCN(Oc1ccccc1)C(=O)OCC. The molecule has 0 radical (unpaired) electrons. The smallest absolute Gasteiger partial charge is 0.443 e. The zero-order chi connectivity index (χ0) is 12.5. The number of carbonyl (C=O) groups is 1. The van der Waals surface area contributed by atoms with Gasteiger partial charge in [-0.25, -0.2) is 4.79 Å². The molecule has 0 bridgehead atoms. The number of ether oxygens (including phenoxy) is 1. The van der Waals surface area contributed by atoms with Crippen LogP contribution in [0.15, 0.2) is 30.3 Å². The third-order valence-electron chi connectivity index (χ3n) is 2.15. The van der Waals surface area contributed by atoms with E-state index in [2.05, 4.69) is 6.92 Å². The molecule has 4 nitrogen and oxygen atoms in total. The lowest BCUT2D eigenvalue weighted by atomic mass is 10.3. The summed E-state index contributed by atoms with van der Waals surface area (Å²) in [7, 11) is 0. The Morgan fingerprint density at radius 2 is 1.94 bits per heavy atom. The summed E-state index contributed by atoms with van der Waals surface area (Å²) >= 11 is 0. The monoisotopic (exact) mass is 237 g/mol. The van der Waals surface area contributed by atoms with Gasteiger partial charge in [-0.2, -0.15) is 0 Å². The van der Waals surface area contributed by atoms with Crippen LogP contribution in [0.2, 0.25) is 0 Å². The maximum atomic E-state index is 11.6. The number of carbonyl (C=O) groups excluding carboxylic acids is 1. The van der Waals surface area contributed by atoms with E-state index in [0.29, 0.717) is 18.9 Å². The van der Waals surface area contributed by atoms with Crippen LogP contribution < -0.4 is 4.84 Å². The van der Waals surface area contributed by atoms with E-state index < -0.39 is 6.09 Å². The third-order valence-corrected chi connectivity index (χ3v) is 2.15. The first kappa shape index (κ1) is 13.4. The van der Waals surface area contributed by atoms with Gasteiger partial charge in [0.15, 0.2) is 5.75 Å². The summed E-state index contributed by atoms with van der Waals surface area (Å²) in [5.74, 6) is 0.636. The molecular weight excluding hydrogens is 218 g/mol. The maximum absolute atomic E-state index is 11.6. The number of amides is 1. The minimum atomic E-state index is -0.440. The predicted molar refractivity (Wildman–Crippen MR) is 65.7 cm³/mol. The van der Waals surface area contributed by atoms with Crippen molar-refractivity contribution in [3.8, 4) is 5.75 Å². The molecule has 0 N–H and O–H groups in total. The van der Waals surface area contributed by atoms with E-state index in [1.807, 2.05) is 18.2 Å². The summed E-state index contributed by atoms with van der Waals surface area (Å²) in [6, 6.07) is 9.22. The number of hydroxylamine groups is 2. The molecule has 1 amide bonds. The second-order valence-electron chi connectivity index (χ2n) is 3.56. The Hall–Kier alpha value is -1.71. The van der Waals surface area contributed by atoms with Crippen molar-refractivity contribution in [3.63, 3.8) is 0 Å². The Bertz CT molecular complexity index is 327. The quantitative estimate of drug-likeness (QED) is 0.713. The zero-order valence-electron chi connectivity index (χ0n) is 10.4. The molecule has 0 aromatic heterocycles. The van der Waals surface area contributed by atoms with Gasteiger partial charge in [0.1, 0.15) is 0 Å². The number of hydrogen-bond donors (Lipinski definition) is 0. The molecule has 0 saturated heterocycles. The zero-order valence-corrected chi connectivity index (χ0v) is 10.4. The molecular formula is C13H19NO3. The molecule has 0 aliphatic rings. The van der Waals surface area contributed by atoms with Gasteiger partial charge in [0.05, 0.1) is 13.2 Å². The van der Waals surface area contributed by atoms with Crippen molar-refractivity contribution in [3.05, 3.63) is 30.3 Å². The van der Waals surface area contributed by atoms with Gasteiger partial charge in [-0.05, 0) is 25.5 Å². The second kappa shape index (κ2) is 7.54. The molecule has 0 heterocycles. The van der Waals surface area contributed by atoms with Gasteiger partial charge in [0, 0.05) is 0 Å². The molecule has 0 aliphatic carbocycles. The minimum absolute atomic E-state index is 0.347. The van der Waals surface area contributed by atoms with Crippen LogP contribution in [-0.4, -0.2) is 24.3 Å². The van der Waals surface area contributed by atoms with Gasteiger partial charge >= 0.3 is 6.09 Å². The lowest BCUT2D eigenvalue weighted by molar-refractivity contribution is -0.0476. The van der Waals surface area contributed by atoms with E-state index >= 15 is 0 Å². The first-order chi connectivity index (χ1) is 8.27. The molecule has 0 spiro atoms. The number of nitrogens with zero attached hydrogens (tertiary/aromatic N) is 1. The molecule has 0 fully saturated rings. The van der Waals surface area contributed by atoms with Gasteiger partial charge in [0.2, 0.25) is 0 Å². The van der Waals surface area contributed by atoms with E-state index in [1.165, 1.54) is 5.06 Å². The molecule has 1 rings (SSSR count). The van der Waals surface area contributed by atoms with Crippen LogP contribution in [0.5, 0.6) is 5.75 Å². The van der Waals surface area contributed by atoms with Crippen molar-refractivity contribution in [1.29, 1.82) is 0 Å². The van der Waals surface area contributed by atoms with Crippen molar-refractivity contribution < 1.29 is 14.4 Å². The maximum Gasteiger partial charge on any atom is 0.443 e. The van der Waals surface area contributed by atoms with Crippen molar-refractivity contribution in [2.45, 2.75) is 26.7 Å². The second-order valence-corrected chi connectivity index (χ2v) is 3.56.